The summed E-state index contributed by atoms with van der Waals surface area (Å²) in [5, 5.41) is 0. The third kappa shape index (κ3) is 2.83. The summed E-state index contributed by atoms with van der Waals surface area (Å²) < 4.78 is 14.0. The molecule has 0 aromatic heterocycles. The smallest absolute Gasteiger partial charge is 0.128 e. The van der Waals surface area contributed by atoms with Crippen LogP contribution in [0.4, 0.5) is 4.39 Å². The molecular weight excluding hydrogens is 239 g/mol. The van der Waals surface area contributed by atoms with Crippen molar-refractivity contribution in [3.63, 3.8) is 0 Å². The molecule has 2 aromatic rings. The van der Waals surface area contributed by atoms with Crippen molar-refractivity contribution in [2.24, 2.45) is 5.84 Å². The van der Waals surface area contributed by atoms with Crippen LogP contribution < -0.4 is 11.3 Å². The molecule has 2 rings (SSSR count). The van der Waals surface area contributed by atoms with Crippen LogP contribution in [0.5, 0.6) is 0 Å². The lowest BCUT2D eigenvalue weighted by atomic mass is 9.92. The van der Waals surface area contributed by atoms with Crippen LogP contribution in [-0.4, -0.2) is 0 Å². The lowest BCUT2D eigenvalue weighted by Crippen LogP contribution is -2.30. The number of nitrogens with two attached hydrogens (primary N) is 1. The Bertz CT molecular complexity index is 566. The minimum Gasteiger partial charge on any atom is -0.271 e. The highest BCUT2D eigenvalue weighted by Gasteiger charge is 2.18. The Kier molecular flexibility index (Phi) is 4.30. The molecule has 0 aliphatic rings. The summed E-state index contributed by atoms with van der Waals surface area (Å²) in [5.41, 5.74) is 6.54. The molecule has 1 unspecified atom stereocenters. The molecule has 3 N–H and O–H groups in total. The topological polar surface area (TPSA) is 38.0 Å². The van der Waals surface area contributed by atoms with Gasteiger partial charge in [-0.15, -0.1) is 0 Å². The van der Waals surface area contributed by atoms with E-state index in [1.54, 1.807) is 6.07 Å². The number of nitrogens with one attached hydrogen (secondary N) is 1. The highest BCUT2D eigenvalue weighted by atomic mass is 19.1. The Morgan fingerprint density at radius 3 is 2.58 bits per heavy atom. The number of hydrogen-bond donors (Lipinski definition) is 2. The van der Waals surface area contributed by atoms with E-state index in [4.69, 9.17) is 5.84 Å². The van der Waals surface area contributed by atoms with Gasteiger partial charge in [-0.25, -0.2) is 9.82 Å². The molecule has 0 bridgehead atoms. The van der Waals surface area contributed by atoms with Gasteiger partial charge in [-0.3, -0.25) is 5.84 Å². The number of benzene rings is 2. The largest absolute Gasteiger partial charge is 0.271 e. The van der Waals surface area contributed by atoms with Gasteiger partial charge in [0.25, 0.3) is 0 Å². The van der Waals surface area contributed by atoms with Crippen LogP contribution in [0.3, 0.4) is 0 Å². The number of hydrazine groups is 1. The zero-order chi connectivity index (χ0) is 13.8. The molecule has 0 amide bonds. The lowest BCUT2D eigenvalue weighted by molar-refractivity contribution is 0.557. The summed E-state index contributed by atoms with van der Waals surface area (Å²) in [6, 6.07) is 12.7. The predicted octanol–water partition coefficient (Wildman–Crippen LogP) is 3.25. The van der Waals surface area contributed by atoms with Gasteiger partial charge in [-0.2, -0.15) is 0 Å². The number of rotatable bonds is 4. The van der Waals surface area contributed by atoms with E-state index in [0.29, 0.717) is 5.56 Å². The first-order valence-corrected chi connectivity index (χ1v) is 6.47. The molecular formula is C16H19FN2. The first-order valence-electron chi connectivity index (χ1n) is 6.47. The first kappa shape index (κ1) is 13.7. The zero-order valence-electron chi connectivity index (χ0n) is 11.3. The van der Waals surface area contributed by atoms with E-state index in [1.165, 1.54) is 11.6 Å². The highest BCUT2D eigenvalue weighted by molar-refractivity contribution is 5.39. The molecule has 2 aromatic carbocycles. The monoisotopic (exact) mass is 258 g/mol. The molecule has 0 aliphatic heterocycles. The first-order chi connectivity index (χ1) is 9.17. The van der Waals surface area contributed by atoms with Crippen LogP contribution in [-0.2, 0) is 6.42 Å². The van der Waals surface area contributed by atoms with Crippen molar-refractivity contribution in [2.75, 3.05) is 0 Å². The molecule has 0 spiro atoms. The fourth-order valence-electron chi connectivity index (χ4n) is 2.37. The molecule has 100 valence electrons. The summed E-state index contributed by atoms with van der Waals surface area (Å²) in [4.78, 5) is 0. The fraction of sp³-hybridized carbons (Fsp3) is 0.250. The highest BCUT2D eigenvalue weighted by Crippen LogP contribution is 2.27. The van der Waals surface area contributed by atoms with Crippen molar-refractivity contribution >= 4 is 0 Å². The van der Waals surface area contributed by atoms with Crippen molar-refractivity contribution in [1.29, 1.82) is 0 Å². The van der Waals surface area contributed by atoms with Gasteiger partial charge in [0.2, 0.25) is 0 Å². The van der Waals surface area contributed by atoms with E-state index in [2.05, 4.69) is 12.3 Å². The van der Waals surface area contributed by atoms with Crippen molar-refractivity contribution in [2.45, 2.75) is 26.3 Å². The predicted molar refractivity (Wildman–Crippen MR) is 76.1 cm³/mol. The Balaban J connectivity index is 2.53. The van der Waals surface area contributed by atoms with E-state index in [0.717, 1.165) is 17.5 Å². The minimum atomic E-state index is -0.323. The van der Waals surface area contributed by atoms with Crippen molar-refractivity contribution in [3.05, 3.63) is 70.5 Å². The second-order valence-electron chi connectivity index (χ2n) is 4.68. The maximum Gasteiger partial charge on any atom is 0.128 e. The Labute approximate surface area is 113 Å². The van der Waals surface area contributed by atoms with Crippen LogP contribution in [0.1, 0.15) is 35.2 Å². The van der Waals surface area contributed by atoms with Crippen LogP contribution in [0.15, 0.2) is 42.5 Å². The summed E-state index contributed by atoms with van der Waals surface area (Å²) in [7, 11) is 0. The molecule has 0 saturated heterocycles. The van der Waals surface area contributed by atoms with E-state index in [1.807, 2.05) is 37.3 Å². The maximum atomic E-state index is 14.0. The van der Waals surface area contributed by atoms with E-state index in [-0.39, 0.29) is 11.9 Å². The van der Waals surface area contributed by atoms with Gasteiger partial charge in [-0.05, 0) is 30.5 Å². The molecule has 0 saturated carbocycles. The Morgan fingerprint density at radius 2 is 1.89 bits per heavy atom. The Morgan fingerprint density at radius 1 is 1.16 bits per heavy atom. The molecule has 1 atom stereocenters. The van der Waals surface area contributed by atoms with Gasteiger partial charge >= 0.3 is 0 Å². The normalized spacial score (nSPS) is 12.4. The standard InChI is InChI=1S/C16H19FN2/c1-3-12-6-4-5-7-13(12)16(19-18)14-10-11(2)8-9-15(14)17/h4-10,16,19H,3,18H2,1-2H3. The van der Waals surface area contributed by atoms with Crippen LogP contribution >= 0.6 is 0 Å². The summed E-state index contributed by atoms with van der Waals surface area (Å²) in [6.45, 7) is 4.03. The molecule has 0 radical (unpaired) electrons. The van der Waals surface area contributed by atoms with Gasteiger partial charge in [0, 0.05) is 5.56 Å². The number of aryl methyl sites for hydroxylation is 2. The molecule has 3 heteroatoms. The molecule has 0 heterocycles. The van der Waals surface area contributed by atoms with Gasteiger partial charge in [0.1, 0.15) is 5.82 Å². The van der Waals surface area contributed by atoms with Gasteiger partial charge in [-0.1, -0.05) is 48.9 Å². The van der Waals surface area contributed by atoms with E-state index < -0.39 is 0 Å². The molecule has 2 nitrogen and oxygen atoms in total. The average Bonchev–Trinajstić information content (AvgIpc) is 2.44. The van der Waals surface area contributed by atoms with Crippen molar-refractivity contribution in [1.82, 2.24) is 5.43 Å². The van der Waals surface area contributed by atoms with E-state index in [9.17, 15) is 4.39 Å². The molecule has 0 fully saturated rings. The third-order valence-corrected chi connectivity index (χ3v) is 3.38. The zero-order valence-corrected chi connectivity index (χ0v) is 11.3. The van der Waals surface area contributed by atoms with Crippen LogP contribution in [0.25, 0.3) is 0 Å². The van der Waals surface area contributed by atoms with Gasteiger partial charge < -0.3 is 0 Å². The third-order valence-electron chi connectivity index (χ3n) is 3.38. The summed E-state index contributed by atoms with van der Waals surface area (Å²) >= 11 is 0. The minimum absolute atomic E-state index is 0.237. The maximum absolute atomic E-state index is 14.0. The lowest BCUT2D eigenvalue weighted by Gasteiger charge is -2.20. The Hall–Kier alpha value is -1.71. The van der Waals surface area contributed by atoms with Crippen molar-refractivity contribution < 1.29 is 4.39 Å². The summed E-state index contributed by atoms with van der Waals surface area (Å²) in [5.74, 6) is 5.43. The summed E-state index contributed by atoms with van der Waals surface area (Å²) in [6.07, 6.45) is 0.891. The quantitative estimate of drug-likeness (QED) is 0.652. The van der Waals surface area contributed by atoms with Crippen LogP contribution in [0.2, 0.25) is 0 Å². The van der Waals surface area contributed by atoms with Crippen LogP contribution in [0, 0.1) is 12.7 Å². The van der Waals surface area contributed by atoms with Gasteiger partial charge in [0.05, 0.1) is 6.04 Å². The van der Waals surface area contributed by atoms with E-state index >= 15 is 0 Å². The fourth-order valence-corrected chi connectivity index (χ4v) is 2.37. The molecule has 0 aliphatic carbocycles. The SMILES string of the molecule is CCc1ccccc1C(NN)c1cc(C)ccc1F. The number of halogens is 1. The van der Waals surface area contributed by atoms with Crippen molar-refractivity contribution in [3.8, 4) is 0 Å². The van der Waals surface area contributed by atoms with Gasteiger partial charge in [0.15, 0.2) is 0 Å². The second kappa shape index (κ2) is 5.95. The second-order valence-corrected chi connectivity index (χ2v) is 4.68. The average molecular weight is 258 g/mol. The molecule has 19 heavy (non-hydrogen) atoms. The number of hydrogen-bond acceptors (Lipinski definition) is 2.